The van der Waals surface area contributed by atoms with E-state index in [9.17, 15) is 14.7 Å². The monoisotopic (exact) mass is 311 g/mol. The second-order valence-corrected chi connectivity index (χ2v) is 7.57. The van der Waals surface area contributed by atoms with Gasteiger partial charge in [0.25, 0.3) is 5.91 Å². The van der Waals surface area contributed by atoms with E-state index in [4.69, 9.17) is 4.74 Å². The van der Waals surface area contributed by atoms with E-state index >= 15 is 0 Å². The van der Waals surface area contributed by atoms with Gasteiger partial charge in [0.2, 0.25) is 0 Å². The molecule has 3 aliphatic heterocycles. The fraction of sp³-hybridized carbons (Fsp3) is 0.538. The predicted octanol–water partition coefficient (Wildman–Crippen LogP) is 1.31. The van der Waals surface area contributed by atoms with Crippen molar-refractivity contribution in [2.75, 3.05) is 12.8 Å². The molecule has 1 N–H and O–H groups in total. The Balaban J connectivity index is 1.97. The molecule has 0 aliphatic carbocycles. The van der Waals surface area contributed by atoms with Crippen molar-refractivity contribution >= 4 is 20.4 Å². The molecule has 1 amide bonds. The number of rotatable bonds is 2. The molecule has 3 heterocycles. The van der Waals surface area contributed by atoms with Crippen molar-refractivity contribution < 1.29 is 19.4 Å². The second kappa shape index (κ2) is 5.00. The van der Waals surface area contributed by atoms with Crippen LogP contribution < -0.4 is 0 Å². The highest BCUT2D eigenvalue weighted by molar-refractivity contribution is 7.54. The Bertz CT molecular complexity index is 560. The molecule has 0 bridgehead atoms. The first-order valence-corrected chi connectivity index (χ1v) is 8.29. The Kier molecular flexibility index (Phi) is 3.42. The number of amides is 1. The number of aliphatic hydroxyl groups is 1. The second-order valence-electron chi connectivity index (χ2n) is 5.60. The summed E-state index contributed by atoms with van der Waals surface area (Å²) in [6.45, 7) is 6.98. The van der Waals surface area contributed by atoms with Gasteiger partial charge in [-0.25, -0.2) is 0 Å². The Hall–Kier alpha value is -1.59. The Morgan fingerprint density at radius 2 is 2.24 bits per heavy atom. The van der Waals surface area contributed by atoms with Crippen LogP contribution in [0.3, 0.4) is 0 Å². The first kappa shape index (κ1) is 14.4. The third kappa shape index (κ3) is 2.12. The van der Waals surface area contributed by atoms with Gasteiger partial charge in [0.05, 0.1) is 20.7 Å². The average molecular weight is 311 g/mol. The van der Waals surface area contributed by atoms with E-state index in [1.807, 2.05) is 4.67 Å². The molecule has 21 heavy (non-hydrogen) atoms. The number of hydrogen-bond donors (Lipinski definition) is 1. The van der Waals surface area contributed by atoms with E-state index in [1.165, 1.54) is 6.20 Å². The summed E-state index contributed by atoms with van der Waals surface area (Å²) in [6.07, 6.45) is 2.58. The van der Waals surface area contributed by atoms with Gasteiger partial charge >= 0.3 is 5.95 Å². The molecule has 114 valence electrons. The summed E-state index contributed by atoms with van der Waals surface area (Å²) in [5, 5.41) is 9.90. The number of allylic oxidation sites excluding steroid dienone is 1. The van der Waals surface area contributed by atoms with Gasteiger partial charge in [-0.15, -0.1) is 0 Å². The summed E-state index contributed by atoms with van der Waals surface area (Å²) in [5.41, 5.74) is 0.122. The zero-order valence-electron chi connectivity index (χ0n) is 12.2. The Labute approximate surface area is 124 Å². The van der Waals surface area contributed by atoms with Crippen molar-refractivity contribution in [2.45, 2.75) is 32.9 Å². The molecule has 8 heteroatoms. The SMILES string of the molecule is CC(C)N1[C@@H](C)CN2C(=O)C3=C(O)OC(C=O)=CN3CP21. The van der Waals surface area contributed by atoms with Gasteiger partial charge in [-0.2, -0.15) is 0 Å². The smallest absolute Gasteiger partial charge is 0.313 e. The van der Waals surface area contributed by atoms with Gasteiger partial charge < -0.3 is 19.4 Å². The molecule has 0 aromatic rings. The zero-order valence-corrected chi connectivity index (χ0v) is 13.1. The van der Waals surface area contributed by atoms with Crippen molar-refractivity contribution in [1.82, 2.24) is 14.2 Å². The van der Waals surface area contributed by atoms with Gasteiger partial charge in [0, 0.05) is 18.6 Å². The molecule has 0 aromatic heterocycles. The molecule has 1 unspecified atom stereocenters. The number of aliphatic hydroxyl groups excluding tert-OH is 1. The van der Waals surface area contributed by atoms with Crippen LogP contribution in [0.15, 0.2) is 23.6 Å². The highest BCUT2D eigenvalue weighted by Gasteiger charge is 2.49. The minimum atomic E-state index is -0.806. The summed E-state index contributed by atoms with van der Waals surface area (Å²) in [6, 6.07) is 0.609. The topological polar surface area (TPSA) is 73.3 Å². The van der Waals surface area contributed by atoms with Crippen LogP contribution in [0.2, 0.25) is 0 Å². The number of carbonyl (C=O) groups excluding carboxylic acids is 2. The first-order chi connectivity index (χ1) is 9.93. The molecule has 7 nitrogen and oxygen atoms in total. The summed E-state index contributed by atoms with van der Waals surface area (Å²) in [5.74, 6) is -0.716. The Morgan fingerprint density at radius 1 is 1.52 bits per heavy atom. The lowest BCUT2D eigenvalue weighted by molar-refractivity contribution is -0.125. The van der Waals surface area contributed by atoms with E-state index in [0.717, 1.165) is 0 Å². The third-order valence-electron chi connectivity index (χ3n) is 3.78. The number of nitrogens with zero attached hydrogens (tertiary/aromatic N) is 3. The van der Waals surface area contributed by atoms with E-state index in [2.05, 4.69) is 25.4 Å². The summed E-state index contributed by atoms with van der Waals surface area (Å²) in [4.78, 5) is 25.1. The molecule has 3 aliphatic rings. The molecule has 2 atom stereocenters. The number of carbonyl (C=O) groups is 2. The molecule has 0 saturated carbocycles. The summed E-state index contributed by atoms with van der Waals surface area (Å²) < 4.78 is 9.12. The van der Waals surface area contributed by atoms with Crippen LogP contribution in [0.4, 0.5) is 0 Å². The van der Waals surface area contributed by atoms with Crippen LogP contribution in [0.1, 0.15) is 20.8 Å². The molecular weight excluding hydrogens is 293 g/mol. The number of fused-ring (bicyclic) bond motifs is 2. The lowest BCUT2D eigenvalue weighted by atomic mass is 10.2. The summed E-state index contributed by atoms with van der Waals surface area (Å²) >= 11 is 0. The van der Waals surface area contributed by atoms with Gasteiger partial charge in [0.15, 0.2) is 17.7 Å². The lowest BCUT2D eigenvalue weighted by Crippen LogP contribution is -2.43. The van der Waals surface area contributed by atoms with Crippen LogP contribution in [0.25, 0.3) is 0 Å². The fourth-order valence-electron chi connectivity index (χ4n) is 3.06. The largest absolute Gasteiger partial charge is 0.479 e. The lowest BCUT2D eigenvalue weighted by Gasteiger charge is -2.42. The van der Waals surface area contributed by atoms with Crippen LogP contribution in [-0.2, 0) is 14.3 Å². The van der Waals surface area contributed by atoms with E-state index in [1.54, 1.807) is 4.90 Å². The molecule has 0 aromatic carbocycles. The molecule has 0 radical (unpaired) electrons. The maximum Gasteiger partial charge on any atom is 0.313 e. The van der Waals surface area contributed by atoms with Crippen LogP contribution in [0.5, 0.6) is 0 Å². The third-order valence-corrected chi connectivity index (χ3v) is 6.63. The quantitative estimate of drug-likeness (QED) is 0.612. The van der Waals surface area contributed by atoms with Crippen LogP contribution in [0, 0.1) is 0 Å². The van der Waals surface area contributed by atoms with Crippen molar-refractivity contribution in [3.8, 4) is 0 Å². The normalized spacial score (nSPS) is 29.3. The number of aldehydes is 1. The summed E-state index contributed by atoms with van der Waals surface area (Å²) in [7, 11) is -0.806. The van der Waals surface area contributed by atoms with Gasteiger partial charge in [-0.3, -0.25) is 14.3 Å². The molecular formula is C13H18N3O4P. The maximum atomic E-state index is 12.6. The fourth-order valence-corrected chi connectivity index (χ4v) is 5.89. The molecule has 3 rings (SSSR count). The number of hydrogen-bond acceptors (Lipinski definition) is 6. The molecule has 2 fully saturated rings. The van der Waals surface area contributed by atoms with Crippen molar-refractivity contribution in [3.05, 3.63) is 23.6 Å². The highest BCUT2D eigenvalue weighted by Crippen LogP contribution is 2.56. The number of ether oxygens (including phenoxy) is 1. The van der Waals surface area contributed by atoms with Crippen molar-refractivity contribution in [1.29, 1.82) is 0 Å². The van der Waals surface area contributed by atoms with Gasteiger partial charge in [0.1, 0.15) is 0 Å². The minimum Gasteiger partial charge on any atom is -0.479 e. The van der Waals surface area contributed by atoms with E-state index < -0.39 is 14.2 Å². The van der Waals surface area contributed by atoms with Crippen LogP contribution >= 0.6 is 8.22 Å². The first-order valence-electron chi connectivity index (χ1n) is 6.86. The van der Waals surface area contributed by atoms with E-state index in [-0.39, 0.29) is 23.4 Å². The zero-order chi connectivity index (χ0) is 15.3. The van der Waals surface area contributed by atoms with Gasteiger partial charge in [-0.1, -0.05) is 0 Å². The van der Waals surface area contributed by atoms with E-state index in [0.29, 0.717) is 25.2 Å². The molecule has 2 saturated heterocycles. The average Bonchev–Trinajstić information content (AvgIpc) is 2.74. The minimum absolute atomic E-state index is 0.0100. The van der Waals surface area contributed by atoms with Crippen molar-refractivity contribution in [2.24, 2.45) is 0 Å². The Morgan fingerprint density at radius 3 is 2.86 bits per heavy atom. The predicted molar refractivity (Wildman–Crippen MR) is 76.7 cm³/mol. The maximum absolute atomic E-state index is 12.6. The van der Waals surface area contributed by atoms with Crippen LogP contribution in [-0.4, -0.2) is 56.5 Å². The van der Waals surface area contributed by atoms with Crippen molar-refractivity contribution in [3.63, 3.8) is 0 Å². The van der Waals surface area contributed by atoms with Gasteiger partial charge in [-0.05, 0) is 20.8 Å². The molecule has 0 spiro atoms. The highest BCUT2D eigenvalue weighted by atomic mass is 31.1. The standard InChI is InChI=1S/C13H18N3O4P/c1-8(2)16-9(3)4-15-12(18)11-13(19)20-10(6-17)5-14(11)7-21(15)16/h5-6,8-9,19H,4,7H2,1-3H3/t9-,21?/m0/s1.